The Hall–Kier alpha value is -1.88. The van der Waals surface area contributed by atoms with Crippen molar-refractivity contribution in [2.45, 2.75) is 0 Å². The molecule has 4 nitrogen and oxygen atoms in total. The van der Waals surface area contributed by atoms with E-state index in [9.17, 15) is 4.79 Å². The fourth-order valence-electron chi connectivity index (χ4n) is 1.48. The average molecular weight is 249 g/mol. The third-order valence-corrected chi connectivity index (χ3v) is 3.08. The van der Waals surface area contributed by atoms with Crippen LogP contribution in [0.5, 0.6) is 11.5 Å². The molecule has 17 heavy (non-hydrogen) atoms. The van der Waals surface area contributed by atoms with Crippen LogP contribution in [0.4, 0.5) is 0 Å². The maximum absolute atomic E-state index is 10.6. The minimum Gasteiger partial charge on any atom is -0.497 e. The van der Waals surface area contributed by atoms with Crippen molar-refractivity contribution in [3.63, 3.8) is 0 Å². The Balaban J connectivity index is 2.51. The van der Waals surface area contributed by atoms with E-state index in [1.807, 2.05) is 23.6 Å². The molecule has 0 N–H and O–H groups in total. The Morgan fingerprint density at radius 1 is 1.29 bits per heavy atom. The number of aldehydes is 1. The predicted octanol–water partition coefficient (Wildman–Crippen LogP) is 2.64. The van der Waals surface area contributed by atoms with Gasteiger partial charge >= 0.3 is 0 Å². The number of thiazole rings is 1. The van der Waals surface area contributed by atoms with Crippen LogP contribution in [-0.2, 0) is 0 Å². The zero-order valence-corrected chi connectivity index (χ0v) is 10.3. The Morgan fingerprint density at radius 2 is 2.12 bits per heavy atom. The van der Waals surface area contributed by atoms with E-state index in [0.717, 1.165) is 17.6 Å². The summed E-state index contributed by atoms with van der Waals surface area (Å²) in [5, 5.41) is 2.27. The third kappa shape index (κ3) is 2.29. The van der Waals surface area contributed by atoms with Gasteiger partial charge in [0, 0.05) is 10.9 Å². The largest absolute Gasteiger partial charge is 0.497 e. The highest BCUT2D eigenvalue weighted by atomic mass is 32.1. The van der Waals surface area contributed by atoms with E-state index in [1.54, 1.807) is 14.2 Å². The first-order valence-corrected chi connectivity index (χ1v) is 5.79. The van der Waals surface area contributed by atoms with Crippen LogP contribution in [0.1, 0.15) is 9.80 Å². The first-order valence-electron chi connectivity index (χ1n) is 4.91. The van der Waals surface area contributed by atoms with Crippen molar-refractivity contribution in [1.29, 1.82) is 0 Å². The van der Waals surface area contributed by atoms with Gasteiger partial charge in [0.1, 0.15) is 11.5 Å². The first-order chi connectivity index (χ1) is 8.28. The summed E-state index contributed by atoms with van der Waals surface area (Å²) in [6.07, 6.45) is 0.737. The van der Waals surface area contributed by atoms with Crippen LogP contribution in [0.3, 0.4) is 0 Å². The van der Waals surface area contributed by atoms with Crippen LogP contribution in [0.25, 0.3) is 11.3 Å². The van der Waals surface area contributed by atoms with Gasteiger partial charge in [-0.3, -0.25) is 4.79 Å². The van der Waals surface area contributed by atoms with Gasteiger partial charge in [0.15, 0.2) is 11.3 Å². The van der Waals surface area contributed by atoms with Crippen LogP contribution in [0.2, 0.25) is 0 Å². The highest BCUT2D eigenvalue weighted by molar-refractivity contribution is 7.11. The van der Waals surface area contributed by atoms with Crippen molar-refractivity contribution < 1.29 is 14.3 Å². The van der Waals surface area contributed by atoms with Gasteiger partial charge in [-0.2, -0.15) is 0 Å². The summed E-state index contributed by atoms with van der Waals surface area (Å²) in [7, 11) is 3.20. The van der Waals surface area contributed by atoms with Gasteiger partial charge in [-0.05, 0) is 18.2 Å². The second kappa shape index (κ2) is 4.97. The zero-order valence-electron chi connectivity index (χ0n) is 9.47. The van der Waals surface area contributed by atoms with Crippen LogP contribution in [0.15, 0.2) is 23.6 Å². The topological polar surface area (TPSA) is 48.4 Å². The van der Waals surface area contributed by atoms with Crippen molar-refractivity contribution in [1.82, 2.24) is 4.98 Å². The number of methoxy groups -OCH3 is 2. The van der Waals surface area contributed by atoms with E-state index >= 15 is 0 Å². The average Bonchev–Trinajstić information content (AvgIpc) is 2.86. The molecule has 2 aromatic rings. The molecule has 0 aliphatic rings. The molecule has 0 atom stereocenters. The zero-order chi connectivity index (χ0) is 12.3. The first kappa shape index (κ1) is 11.6. The van der Waals surface area contributed by atoms with E-state index in [1.165, 1.54) is 11.3 Å². The second-order valence-electron chi connectivity index (χ2n) is 3.26. The Kier molecular flexibility index (Phi) is 3.39. The Bertz CT molecular complexity index is 536. The number of carbonyl (C=O) groups is 1. The van der Waals surface area contributed by atoms with E-state index in [2.05, 4.69) is 4.98 Å². The number of carbonyl (C=O) groups excluding carboxylic acids is 1. The van der Waals surface area contributed by atoms with Crippen molar-refractivity contribution in [3.8, 4) is 22.8 Å². The summed E-state index contributed by atoms with van der Waals surface area (Å²) >= 11 is 1.30. The molecule has 0 radical (unpaired) electrons. The lowest BCUT2D eigenvalue weighted by Gasteiger charge is -2.08. The van der Waals surface area contributed by atoms with E-state index in [0.29, 0.717) is 16.5 Å². The van der Waals surface area contributed by atoms with Crippen LogP contribution >= 0.6 is 11.3 Å². The van der Waals surface area contributed by atoms with Gasteiger partial charge in [-0.15, -0.1) is 11.3 Å². The molecule has 5 heteroatoms. The van der Waals surface area contributed by atoms with Crippen LogP contribution in [-0.4, -0.2) is 25.5 Å². The summed E-state index contributed by atoms with van der Waals surface area (Å²) in [6, 6.07) is 5.46. The molecule has 0 unspecified atom stereocenters. The van der Waals surface area contributed by atoms with Gasteiger partial charge in [0.25, 0.3) is 0 Å². The highest BCUT2D eigenvalue weighted by Gasteiger charge is 2.11. The summed E-state index contributed by atoms with van der Waals surface area (Å²) in [5.74, 6) is 1.43. The third-order valence-electron chi connectivity index (χ3n) is 2.31. The fourth-order valence-corrected chi connectivity index (χ4v) is 2.10. The van der Waals surface area contributed by atoms with Gasteiger partial charge in [0.05, 0.1) is 19.9 Å². The monoisotopic (exact) mass is 249 g/mol. The highest BCUT2D eigenvalue weighted by Crippen LogP contribution is 2.33. The van der Waals surface area contributed by atoms with E-state index in [4.69, 9.17) is 9.47 Å². The number of ether oxygens (including phenoxy) is 2. The minimum absolute atomic E-state index is 0.449. The minimum atomic E-state index is 0.449. The van der Waals surface area contributed by atoms with Crippen molar-refractivity contribution in [2.75, 3.05) is 14.2 Å². The smallest absolute Gasteiger partial charge is 0.178 e. The molecule has 2 rings (SSSR count). The lowest BCUT2D eigenvalue weighted by Crippen LogP contribution is -1.90. The molecule has 0 saturated carbocycles. The number of hydrogen-bond acceptors (Lipinski definition) is 5. The quantitative estimate of drug-likeness (QED) is 0.781. The molecular weight excluding hydrogens is 238 g/mol. The summed E-state index contributed by atoms with van der Waals surface area (Å²) in [4.78, 5) is 14.8. The molecule has 1 aromatic heterocycles. The van der Waals surface area contributed by atoms with Gasteiger partial charge in [-0.1, -0.05) is 0 Å². The normalized spacial score (nSPS) is 10.0. The molecular formula is C12H11NO3S. The maximum Gasteiger partial charge on any atom is 0.178 e. The number of benzene rings is 1. The maximum atomic E-state index is 10.6. The molecule has 0 bridgehead atoms. The van der Waals surface area contributed by atoms with Gasteiger partial charge in [-0.25, -0.2) is 4.98 Å². The number of nitrogens with zero attached hydrogens (tertiary/aromatic N) is 1. The lowest BCUT2D eigenvalue weighted by molar-refractivity contribution is 0.112. The molecule has 0 aliphatic carbocycles. The standard InChI is InChI=1S/C12H11NO3S/c1-15-8-3-4-11(16-2)9(5-8)10-7-17-12(6-14)13-10/h3-7H,1-2H3. The summed E-state index contributed by atoms with van der Waals surface area (Å²) in [5.41, 5.74) is 1.53. The molecule has 88 valence electrons. The predicted molar refractivity (Wildman–Crippen MR) is 66.0 cm³/mol. The molecule has 0 aliphatic heterocycles. The second-order valence-corrected chi connectivity index (χ2v) is 4.14. The molecule has 0 fully saturated rings. The van der Waals surface area contributed by atoms with Crippen molar-refractivity contribution in [3.05, 3.63) is 28.6 Å². The number of aromatic nitrogens is 1. The van der Waals surface area contributed by atoms with Crippen LogP contribution in [0, 0.1) is 0 Å². The molecule has 1 aromatic carbocycles. The van der Waals surface area contributed by atoms with E-state index in [-0.39, 0.29) is 0 Å². The lowest BCUT2D eigenvalue weighted by atomic mass is 10.1. The summed E-state index contributed by atoms with van der Waals surface area (Å²) < 4.78 is 10.4. The van der Waals surface area contributed by atoms with Crippen LogP contribution < -0.4 is 9.47 Å². The molecule has 1 heterocycles. The van der Waals surface area contributed by atoms with Gasteiger partial charge < -0.3 is 9.47 Å². The summed E-state index contributed by atoms with van der Waals surface area (Å²) in [6.45, 7) is 0. The molecule has 0 amide bonds. The Morgan fingerprint density at radius 3 is 2.71 bits per heavy atom. The van der Waals surface area contributed by atoms with Crippen molar-refractivity contribution >= 4 is 17.6 Å². The van der Waals surface area contributed by atoms with Crippen molar-refractivity contribution in [2.24, 2.45) is 0 Å². The SMILES string of the molecule is COc1ccc(OC)c(-c2csc(C=O)n2)c1. The number of hydrogen-bond donors (Lipinski definition) is 0. The van der Waals surface area contributed by atoms with E-state index < -0.39 is 0 Å². The Labute approximate surface area is 103 Å². The van der Waals surface area contributed by atoms with Gasteiger partial charge in [0.2, 0.25) is 0 Å². The fraction of sp³-hybridized carbons (Fsp3) is 0.167. The molecule has 0 saturated heterocycles. The number of rotatable bonds is 4. The molecule has 0 spiro atoms.